The molecule has 0 unspecified atom stereocenters. The number of aromatic nitrogens is 2. The molecule has 1 amide bonds. The Kier molecular flexibility index (Phi) is 6.00. The molecule has 7 nitrogen and oxygen atoms in total. The maximum Gasteiger partial charge on any atom is 0.270 e. The van der Waals surface area contributed by atoms with Crippen molar-refractivity contribution >= 4 is 29.0 Å². The Bertz CT molecular complexity index is 1020. The van der Waals surface area contributed by atoms with Crippen molar-refractivity contribution < 1.29 is 9.72 Å². The lowest BCUT2D eigenvalue weighted by Gasteiger charge is -2.09. The summed E-state index contributed by atoms with van der Waals surface area (Å²) in [7, 11) is 0. The zero-order chi connectivity index (χ0) is 20.1. The second-order valence-corrected chi connectivity index (χ2v) is 7.22. The molecule has 0 aliphatic rings. The molecule has 0 fully saturated rings. The summed E-state index contributed by atoms with van der Waals surface area (Å²) in [5.41, 5.74) is 4.10. The van der Waals surface area contributed by atoms with E-state index in [0.717, 1.165) is 16.8 Å². The molecule has 0 bridgehead atoms. The Morgan fingerprint density at radius 2 is 1.93 bits per heavy atom. The van der Waals surface area contributed by atoms with Crippen molar-refractivity contribution in [1.29, 1.82) is 0 Å². The van der Waals surface area contributed by atoms with Gasteiger partial charge in [0.05, 0.1) is 16.4 Å². The Balaban J connectivity index is 1.60. The number of carbonyl (C=O) groups is 1. The number of aryl methyl sites for hydroxylation is 2. The van der Waals surface area contributed by atoms with Gasteiger partial charge in [-0.3, -0.25) is 14.9 Å². The van der Waals surface area contributed by atoms with Crippen molar-refractivity contribution in [3.8, 4) is 11.3 Å². The molecule has 2 aromatic carbocycles. The summed E-state index contributed by atoms with van der Waals surface area (Å²) >= 11 is 1.27. The third-order valence-corrected chi connectivity index (χ3v) is 4.92. The van der Waals surface area contributed by atoms with E-state index < -0.39 is 4.92 Å². The molecule has 0 saturated carbocycles. The second-order valence-electron chi connectivity index (χ2n) is 6.22. The largest absolute Gasteiger partial charge is 0.325 e. The van der Waals surface area contributed by atoms with Gasteiger partial charge in [-0.15, -0.1) is 10.2 Å². The minimum Gasteiger partial charge on any atom is -0.325 e. The molecule has 8 heteroatoms. The standard InChI is InChI=1S/C20H18N4O3S/c1-13-6-7-17(14(2)10-13)21-19(25)12-28-20-9-8-18(22-23-20)15-4-3-5-16(11-15)24(26)27/h3-11H,12H2,1-2H3,(H,21,25). The van der Waals surface area contributed by atoms with E-state index in [-0.39, 0.29) is 17.3 Å². The SMILES string of the molecule is Cc1ccc(NC(=O)CSc2ccc(-c3cccc([N+](=O)[O-])c3)nn2)c(C)c1. The molecule has 0 aliphatic heterocycles. The van der Waals surface area contributed by atoms with Gasteiger partial charge in [0.1, 0.15) is 5.03 Å². The molecule has 1 N–H and O–H groups in total. The van der Waals surface area contributed by atoms with E-state index in [9.17, 15) is 14.9 Å². The first-order chi connectivity index (χ1) is 13.4. The average molecular weight is 394 g/mol. The number of amides is 1. The number of anilines is 1. The van der Waals surface area contributed by atoms with Crippen molar-refractivity contribution in [2.45, 2.75) is 18.9 Å². The van der Waals surface area contributed by atoms with Crippen molar-refractivity contribution in [3.63, 3.8) is 0 Å². The van der Waals surface area contributed by atoms with Gasteiger partial charge >= 0.3 is 0 Å². The number of benzene rings is 2. The number of nitro groups is 1. The molecule has 3 rings (SSSR count). The van der Waals surface area contributed by atoms with E-state index in [1.165, 1.54) is 23.9 Å². The summed E-state index contributed by atoms with van der Waals surface area (Å²) < 4.78 is 0. The van der Waals surface area contributed by atoms with Crippen molar-refractivity contribution in [1.82, 2.24) is 10.2 Å². The second kappa shape index (κ2) is 8.62. The molecule has 28 heavy (non-hydrogen) atoms. The first kappa shape index (κ1) is 19.5. The van der Waals surface area contributed by atoms with Gasteiger partial charge in [0.15, 0.2) is 0 Å². The quantitative estimate of drug-likeness (QED) is 0.378. The van der Waals surface area contributed by atoms with E-state index >= 15 is 0 Å². The molecular weight excluding hydrogens is 376 g/mol. The minimum atomic E-state index is -0.449. The molecule has 142 valence electrons. The Morgan fingerprint density at radius 3 is 2.61 bits per heavy atom. The van der Waals surface area contributed by atoms with Crippen LogP contribution in [0.3, 0.4) is 0 Å². The van der Waals surface area contributed by atoms with Crippen LogP contribution < -0.4 is 5.32 Å². The molecule has 1 heterocycles. The van der Waals surface area contributed by atoms with Crippen LogP contribution in [0.25, 0.3) is 11.3 Å². The number of hydrogen-bond donors (Lipinski definition) is 1. The predicted octanol–water partition coefficient (Wildman–Crippen LogP) is 4.40. The van der Waals surface area contributed by atoms with Gasteiger partial charge in [-0.25, -0.2) is 0 Å². The van der Waals surface area contributed by atoms with E-state index in [1.54, 1.807) is 24.3 Å². The fourth-order valence-corrected chi connectivity index (χ4v) is 3.22. The lowest BCUT2D eigenvalue weighted by Crippen LogP contribution is -2.15. The van der Waals surface area contributed by atoms with Crippen LogP contribution in [0.1, 0.15) is 11.1 Å². The van der Waals surface area contributed by atoms with Crippen LogP contribution in [0.15, 0.2) is 59.6 Å². The van der Waals surface area contributed by atoms with Crippen LogP contribution in [0, 0.1) is 24.0 Å². The zero-order valence-electron chi connectivity index (χ0n) is 15.4. The van der Waals surface area contributed by atoms with Crippen LogP contribution in [0.5, 0.6) is 0 Å². The van der Waals surface area contributed by atoms with Crippen molar-refractivity contribution in [2.24, 2.45) is 0 Å². The van der Waals surface area contributed by atoms with Crippen molar-refractivity contribution in [3.05, 3.63) is 75.8 Å². The van der Waals surface area contributed by atoms with Gasteiger partial charge in [0, 0.05) is 23.4 Å². The third-order valence-electron chi connectivity index (χ3n) is 4.00. The first-order valence-corrected chi connectivity index (χ1v) is 9.49. The molecule has 0 radical (unpaired) electrons. The Morgan fingerprint density at radius 1 is 1.11 bits per heavy atom. The number of carbonyl (C=O) groups excluding carboxylic acids is 1. The van der Waals surface area contributed by atoms with Crippen LogP contribution >= 0.6 is 11.8 Å². The summed E-state index contributed by atoms with van der Waals surface area (Å²) in [4.78, 5) is 22.6. The number of rotatable bonds is 6. The highest BCUT2D eigenvalue weighted by molar-refractivity contribution is 7.99. The summed E-state index contributed by atoms with van der Waals surface area (Å²) in [6.45, 7) is 3.96. The Labute approximate surface area is 166 Å². The molecule has 1 aromatic heterocycles. The third kappa shape index (κ3) is 4.92. The smallest absolute Gasteiger partial charge is 0.270 e. The highest BCUT2D eigenvalue weighted by Crippen LogP contribution is 2.23. The number of non-ortho nitro benzene ring substituents is 1. The maximum atomic E-state index is 12.2. The lowest BCUT2D eigenvalue weighted by atomic mass is 10.1. The minimum absolute atomic E-state index is 0.000761. The topological polar surface area (TPSA) is 98.0 Å². The van der Waals surface area contributed by atoms with E-state index in [2.05, 4.69) is 15.5 Å². The summed E-state index contributed by atoms with van der Waals surface area (Å²) in [6, 6.07) is 15.6. The van der Waals surface area contributed by atoms with E-state index in [4.69, 9.17) is 0 Å². The van der Waals surface area contributed by atoms with Gasteiger partial charge in [-0.05, 0) is 37.6 Å². The summed E-state index contributed by atoms with van der Waals surface area (Å²) in [5.74, 6) is 0.0829. The molecule has 0 aliphatic carbocycles. The first-order valence-electron chi connectivity index (χ1n) is 8.51. The summed E-state index contributed by atoms with van der Waals surface area (Å²) in [6.07, 6.45) is 0. The van der Waals surface area contributed by atoms with Gasteiger partial charge in [-0.1, -0.05) is 41.6 Å². The van der Waals surface area contributed by atoms with Crippen LogP contribution in [-0.4, -0.2) is 26.8 Å². The number of thioether (sulfide) groups is 1. The van der Waals surface area contributed by atoms with Gasteiger partial charge in [0.25, 0.3) is 5.69 Å². The molecule has 3 aromatic rings. The molecule has 0 spiro atoms. The van der Waals surface area contributed by atoms with E-state index in [0.29, 0.717) is 16.3 Å². The van der Waals surface area contributed by atoms with Crippen LogP contribution in [0.4, 0.5) is 11.4 Å². The normalized spacial score (nSPS) is 10.5. The highest BCUT2D eigenvalue weighted by atomic mass is 32.2. The summed E-state index contributed by atoms with van der Waals surface area (Å²) in [5, 5.41) is 22.6. The maximum absolute atomic E-state index is 12.2. The lowest BCUT2D eigenvalue weighted by molar-refractivity contribution is -0.384. The molecule has 0 atom stereocenters. The predicted molar refractivity (Wildman–Crippen MR) is 109 cm³/mol. The van der Waals surface area contributed by atoms with Gasteiger partial charge in [-0.2, -0.15) is 0 Å². The number of hydrogen-bond acceptors (Lipinski definition) is 6. The molecular formula is C20H18N4O3S. The van der Waals surface area contributed by atoms with E-state index in [1.807, 2.05) is 32.0 Å². The van der Waals surface area contributed by atoms with Crippen LogP contribution in [-0.2, 0) is 4.79 Å². The van der Waals surface area contributed by atoms with Crippen LogP contribution in [0.2, 0.25) is 0 Å². The van der Waals surface area contributed by atoms with Gasteiger partial charge in [0.2, 0.25) is 5.91 Å². The molecule has 0 saturated heterocycles. The monoisotopic (exact) mass is 394 g/mol. The fourth-order valence-electron chi connectivity index (χ4n) is 2.61. The van der Waals surface area contributed by atoms with Crippen molar-refractivity contribution in [2.75, 3.05) is 11.1 Å². The van der Waals surface area contributed by atoms with Gasteiger partial charge < -0.3 is 5.32 Å². The highest BCUT2D eigenvalue weighted by Gasteiger charge is 2.10. The zero-order valence-corrected chi connectivity index (χ0v) is 16.2. The Hall–Kier alpha value is -3.26. The number of nitro benzene ring substituents is 1. The number of nitrogens with zero attached hydrogens (tertiary/aromatic N) is 3. The average Bonchev–Trinajstić information content (AvgIpc) is 2.69. The number of nitrogens with one attached hydrogen (secondary N) is 1. The fraction of sp³-hybridized carbons (Fsp3) is 0.150.